The number of nitrogens with zero attached hydrogens (tertiary/aromatic N) is 4. The molecule has 23 heavy (non-hydrogen) atoms. The van der Waals surface area contributed by atoms with E-state index in [1.807, 2.05) is 6.07 Å². The van der Waals surface area contributed by atoms with Crippen LogP contribution in [0.3, 0.4) is 0 Å². The molecule has 0 aliphatic carbocycles. The molecule has 0 spiro atoms. The first-order valence-electron chi connectivity index (χ1n) is 5.85. The SMILES string of the molecule is CN(SC(Cl)(Cl)Cl)C(=O)ON=C(SCCC#N)C(C)(C)[N+](=O)[O-]. The molecular formula is C10H13Cl3N4O4S2. The summed E-state index contributed by atoms with van der Waals surface area (Å²) in [7, 11) is 1.28. The second-order valence-electron chi connectivity index (χ2n) is 4.36. The molecule has 0 atom stereocenters. The van der Waals surface area contributed by atoms with Crippen LogP contribution in [0, 0.1) is 21.4 Å². The van der Waals surface area contributed by atoms with Crippen molar-refractivity contribution in [3.8, 4) is 6.07 Å². The van der Waals surface area contributed by atoms with Crippen molar-refractivity contribution in [2.24, 2.45) is 5.16 Å². The van der Waals surface area contributed by atoms with Gasteiger partial charge in [0.25, 0.3) is 8.66 Å². The number of carbonyl (C=O) groups is 1. The van der Waals surface area contributed by atoms with Crippen molar-refractivity contribution in [2.75, 3.05) is 12.8 Å². The van der Waals surface area contributed by atoms with Crippen LogP contribution in [0.4, 0.5) is 4.79 Å². The van der Waals surface area contributed by atoms with Crippen LogP contribution in [-0.2, 0) is 4.84 Å². The van der Waals surface area contributed by atoms with Crippen molar-refractivity contribution < 1.29 is 14.6 Å². The van der Waals surface area contributed by atoms with Crippen molar-refractivity contribution in [3.05, 3.63) is 10.1 Å². The Morgan fingerprint density at radius 2 is 2.04 bits per heavy atom. The molecule has 0 N–H and O–H groups in total. The molecule has 0 saturated heterocycles. The lowest BCUT2D eigenvalue weighted by atomic mass is 10.1. The molecule has 0 fully saturated rings. The highest BCUT2D eigenvalue weighted by Gasteiger charge is 2.39. The maximum Gasteiger partial charge on any atom is 0.445 e. The van der Waals surface area contributed by atoms with E-state index < -0.39 is 19.7 Å². The van der Waals surface area contributed by atoms with E-state index in [1.165, 1.54) is 20.9 Å². The minimum Gasteiger partial charge on any atom is -0.296 e. The van der Waals surface area contributed by atoms with Crippen LogP contribution >= 0.6 is 58.5 Å². The standard InChI is InChI=1S/C10H13Cl3N4O4S2/c1-9(2,17(19)20)7(22-6-4-5-14)15-21-8(18)16(3)23-10(11,12)13/h4,6H2,1-3H3. The fraction of sp³-hybridized carbons (Fsp3) is 0.700. The maximum atomic E-state index is 11.7. The van der Waals surface area contributed by atoms with Gasteiger partial charge >= 0.3 is 6.09 Å². The van der Waals surface area contributed by atoms with Crippen LogP contribution < -0.4 is 0 Å². The third-order valence-corrected chi connectivity index (χ3v) is 4.64. The summed E-state index contributed by atoms with van der Waals surface area (Å²) in [5.41, 5.74) is -1.58. The Hall–Kier alpha value is -0.600. The zero-order valence-corrected chi connectivity index (χ0v) is 16.2. The van der Waals surface area contributed by atoms with Crippen LogP contribution in [0.25, 0.3) is 0 Å². The fourth-order valence-electron chi connectivity index (χ4n) is 0.917. The molecule has 0 radical (unpaired) electrons. The number of halogens is 3. The van der Waals surface area contributed by atoms with Gasteiger partial charge < -0.3 is 0 Å². The molecule has 0 heterocycles. The predicted molar refractivity (Wildman–Crippen MR) is 93.3 cm³/mol. The van der Waals surface area contributed by atoms with Crippen LogP contribution in [0.1, 0.15) is 20.3 Å². The van der Waals surface area contributed by atoms with Gasteiger partial charge in [0.15, 0.2) is 5.04 Å². The zero-order valence-electron chi connectivity index (χ0n) is 12.3. The summed E-state index contributed by atoms with van der Waals surface area (Å²) in [5, 5.41) is 23.1. The van der Waals surface area contributed by atoms with Gasteiger partial charge in [-0.1, -0.05) is 51.7 Å². The van der Waals surface area contributed by atoms with Gasteiger partial charge in [0.1, 0.15) is 0 Å². The third kappa shape index (κ3) is 8.72. The minimum absolute atomic E-state index is 0.0571. The predicted octanol–water partition coefficient (Wildman–Crippen LogP) is 4.05. The lowest BCUT2D eigenvalue weighted by Crippen LogP contribution is -2.39. The number of nitro groups is 1. The van der Waals surface area contributed by atoms with Crippen LogP contribution in [0.2, 0.25) is 0 Å². The average Bonchev–Trinajstić information content (AvgIpc) is 2.39. The molecule has 0 aliphatic heterocycles. The van der Waals surface area contributed by atoms with Crippen molar-refractivity contribution in [1.29, 1.82) is 5.26 Å². The van der Waals surface area contributed by atoms with E-state index in [0.717, 1.165) is 16.1 Å². The molecule has 0 bridgehead atoms. The maximum absolute atomic E-state index is 11.7. The van der Waals surface area contributed by atoms with E-state index in [9.17, 15) is 14.9 Å². The summed E-state index contributed by atoms with van der Waals surface area (Å²) in [6.07, 6.45) is -0.812. The number of amides is 1. The first-order valence-corrected chi connectivity index (χ1v) is 8.74. The number of hydrogen-bond donors (Lipinski definition) is 0. The summed E-state index contributed by atoms with van der Waals surface area (Å²) >= 11 is 18.1. The van der Waals surface area contributed by atoms with E-state index in [0.29, 0.717) is 11.9 Å². The number of nitriles is 1. The normalized spacial score (nSPS) is 12.5. The molecule has 8 nitrogen and oxygen atoms in total. The van der Waals surface area contributed by atoms with Gasteiger partial charge in [-0.05, 0) is 0 Å². The molecule has 0 aliphatic rings. The van der Waals surface area contributed by atoms with Gasteiger partial charge in [-0.3, -0.25) is 15.0 Å². The molecule has 0 rings (SSSR count). The molecule has 0 saturated carbocycles. The Morgan fingerprint density at radius 3 is 2.48 bits per heavy atom. The number of alkyl halides is 3. The van der Waals surface area contributed by atoms with Crippen LogP contribution in [0.15, 0.2) is 5.16 Å². The van der Waals surface area contributed by atoms with Crippen molar-refractivity contribution in [2.45, 2.75) is 28.9 Å². The van der Waals surface area contributed by atoms with Crippen molar-refractivity contribution in [1.82, 2.24) is 4.31 Å². The Kier molecular flexibility index (Phi) is 9.39. The second-order valence-corrected chi connectivity index (χ2v) is 9.74. The highest BCUT2D eigenvalue weighted by Crippen LogP contribution is 2.40. The summed E-state index contributed by atoms with van der Waals surface area (Å²) < 4.78 is -0.894. The van der Waals surface area contributed by atoms with E-state index in [4.69, 9.17) is 40.1 Å². The Morgan fingerprint density at radius 1 is 1.48 bits per heavy atom. The van der Waals surface area contributed by atoms with E-state index in [2.05, 4.69) is 9.99 Å². The average molecular weight is 424 g/mol. The van der Waals surface area contributed by atoms with Crippen LogP contribution in [-0.4, -0.2) is 41.8 Å². The van der Waals surface area contributed by atoms with E-state index in [1.54, 1.807) is 0 Å². The Bertz CT molecular complexity index is 519. The third-order valence-electron chi connectivity index (χ3n) is 2.14. The number of thioether (sulfide) groups is 1. The monoisotopic (exact) mass is 422 g/mol. The van der Waals surface area contributed by atoms with Gasteiger partial charge in [-0.2, -0.15) is 5.26 Å². The minimum atomic E-state index is -1.78. The Balaban J connectivity index is 5.04. The number of rotatable bonds is 6. The van der Waals surface area contributed by atoms with Gasteiger partial charge in [-0.15, -0.1) is 0 Å². The molecule has 0 aromatic heterocycles. The highest BCUT2D eigenvalue weighted by atomic mass is 35.6. The second kappa shape index (κ2) is 9.64. The molecule has 0 unspecified atom stereocenters. The molecule has 130 valence electrons. The van der Waals surface area contributed by atoms with E-state index >= 15 is 0 Å². The van der Waals surface area contributed by atoms with Crippen molar-refractivity contribution in [3.63, 3.8) is 0 Å². The summed E-state index contributed by atoms with van der Waals surface area (Å²) in [6.45, 7) is 2.61. The first kappa shape index (κ1) is 22.4. The first-order chi connectivity index (χ1) is 10.4. The van der Waals surface area contributed by atoms with Gasteiger partial charge in [0.2, 0.25) is 0 Å². The highest BCUT2D eigenvalue weighted by molar-refractivity contribution is 8.14. The molecular weight excluding hydrogens is 411 g/mol. The summed E-state index contributed by atoms with van der Waals surface area (Å²) in [6, 6.07) is 1.90. The lowest BCUT2D eigenvalue weighted by molar-refractivity contribution is -0.537. The van der Waals surface area contributed by atoms with E-state index in [-0.39, 0.29) is 17.2 Å². The molecule has 0 aromatic carbocycles. The quantitative estimate of drug-likeness (QED) is 0.0926. The van der Waals surface area contributed by atoms with Crippen molar-refractivity contribution >= 4 is 69.6 Å². The van der Waals surface area contributed by atoms with Gasteiger partial charge in [0, 0.05) is 49.9 Å². The summed E-state index contributed by atoms with van der Waals surface area (Å²) in [5.74, 6) is 0.267. The molecule has 1 amide bonds. The topological polar surface area (TPSA) is 109 Å². The summed E-state index contributed by atoms with van der Waals surface area (Å²) in [4.78, 5) is 26.9. The zero-order chi connectivity index (χ0) is 18.3. The largest absolute Gasteiger partial charge is 0.445 e. The fourth-order valence-corrected chi connectivity index (χ4v) is 3.17. The molecule has 0 aromatic rings. The number of oxime groups is 1. The smallest absolute Gasteiger partial charge is 0.296 e. The lowest BCUT2D eigenvalue weighted by Gasteiger charge is -2.19. The van der Waals surface area contributed by atoms with Crippen LogP contribution in [0.5, 0.6) is 0 Å². The van der Waals surface area contributed by atoms with Gasteiger partial charge in [0.05, 0.1) is 6.07 Å². The number of carbonyl (C=O) groups excluding carboxylic acids is 1. The number of hydrogen-bond acceptors (Lipinski definition) is 8. The Labute approximate surface area is 156 Å². The molecule has 13 heteroatoms. The van der Waals surface area contributed by atoms with Gasteiger partial charge in [-0.25, -0.2) is 9.10 Å².